The van der Waals surface area contributed by atoms with Gasteiger partial charge in [-0.3, -0.25) is 19.8 Å². The lowest BCUT2D eigenvalue weighted by Crippen LogP contribution is -2.36. The SMILES string of the molecule is Cc1ccc(NC(=NCCc2c(C)nn(C)c2C)NC(=O)c2cccc(Cl)c2)c(C)c1. The van der Waals surface area contributed by atoms with Gasteiger partial charge < -0.3 is 5.32 Å². The number of carbonyl (C=O) groups is 1. The van der Waals surface area contributed by atoms with Gasteiger partial charge in [-0.05, 0) is 69.5 Å². The summed E-state index contributed by atoms with van der Waals surface area (Å²) in [5.74, 6) is 0.128. The second-order valence-corrected chi connectivity index (χ2v) is 8.10. The van der Waals surface area contributed by atoms with Crippen molar-refractivity contribution in [1.82, 2.24) is 15.1 Å². The van der Waals surface area contributed by atoms with E-state index in [0.29, 0.717) is 23.1 Å². The fourth-order valence-corrected chi connectivity index (χ4v) is 3.65. The summed E-state index contributed by atoms with van der Waals surface area (Å²) in [6.07, 6.45) is 0.733. The van der Waals surface area contributed by atoms with E-state index in [2.05, 4.69) is 33.7 Å². The summed E-state index contributed by atoms with van der Waals surface area (Å²) < 4.78 is 1.88. The normalized spacial score (nSPS) is 11.5. The van der Waals surface area contributed by atoms with Crippen LogP contribution in [0.2, 0.25) is 5.02 Å². The van der Waals surface area contributed by atoms with Gasteiger partial charge in [-0.2, -0.15) is 5.10 Å². The quantitative estimate of drug-likeness (QED) is 0.447. The van der Waals surface area contributed by atoms with Crippen molar-refractivity contribution in [2.24, 2.45) is 12.0 Å². The predicted octanol–water partition coefficient (Wildman–Crippen LogP) is 4.75. The van der Waals surface area contributed by atoms with Crippen molar-refractivity contribution in [2.75, 3.05) is 11.9 Å². The van der Waals surface area contributed by atoms with Crippen LogP contribution in [0, 0.1) is 27.7 Å². The molecule has 2 aromatic carbocycles. The molecule has 0 saturated heterocycles. The maximum absolute atomic E-state index is 12.8. The van der Waals surface area contributed by atoms with Gasteiger partial charge in [0.05, 0.1) is 5.69 Å². The molecule has 3 rings (SSSR count). The Morgan fingerprint density at radius 2 is 1.90 bits per heavy atom. The lowest BCUT2D eigenvalue weighted by molar-refractivity contribution is 0.0977. The molecule has 0 aliphatic heterocycles. The topological polar surface area (TPSA) is 71.3 Å². The molecule has 31 heavy (non-hydrogen) atoms. The Morgan fingerprint density at radius 3 is 2.55 bits per heavy atom. The van der Waals surface area contributed by atoms with E-state index in [1.807, 2.05) is 44.6 Å². The van der Waals surface area contributed by atoms with Gasteiger partial charge in [0, 0.05) is 35.6 Å². The Labute approximate surface area is 188 Å². The third-order valence-electron chi connectivity index (χ3n) is 5.24. The third kappa shape index (κ3) is 5.73. The van der Waals surface area contributed by atoms with Crippen molar-refractivity contribution in [3.8, 4) is 0 Å². The Balaban J connectivity index is 1.82. The van der Waals surface area contributed by atoms with E-state index in [-0.39, 0.29) is 5.91 Å². The van der Waals surface area contributed by atoms with E-state index in [4.69, 9.17) is 11.6 Å². The highest BCUT2D eigenvalue weighted by Crippen LogP contribution is 2.17. The van der Waals surface area contributed by atoms with Crippen molar-refractivity contribution >= 4 is 29.2 Å². The number of aryl methyl sites for hydroxylation is 4. The molecule has 2 N–H and O–H groups in total. The summed E-state index contributed by atoms with van der Waals surface area (Å²) in [5, 5.41) is 11.1. The standard InChI is InChI=1S/C24H28ClN5O/c1-15-9-10-22(16(2)13-15)27-24(28-23(31)19-7-6-8-20(25)14-19)26-12-11-21-17(3)29-30(5)18(21)4/h6-10,13-14H,11-12H2,1-5H3,(H2,26,27,28,31). The molecule has 1 aromatic heterocycles. The van der Waals surface area contributed by atoms with E-state index < -0.39 is 0 Å². The Hall–Kier alpha value is -3.12. The highest BCUT2D eigenvalue weighted by molar-refractivity contribution is 6.31. The number of amides is 1. The highest BCUT2D eigenvalue weighted by atomic mass is 35.5. The minimum Gasteiger partial charge on any atom is -0.326 e. The zero-order valence-electron chi connectivity index (χ0n) is 18.6. The second-order valence-electron chi connectivity index (χ2n) is 7.66. The number of anilines is 1. The van der Waals surface area contributed by atoms with E-state index in [9.17, 15) is 4.79 Å². The largest absolute Gasteiger partial charge is 0.326 e. The van der Waals surface area contributed by atoms with Crippen LogP contribution in [0.3, 0.4) is 0 Å². The van der Waals surface area contributed by atoms with Gasteiger partial charge in [0.15, 0.2) is 0 Å². The zero-order valence-corrected chi connectivity index (χ0v) is 19.3. The second kappa shape index (κ2) is 9.79. The van der Waals surface area contributed by atoms with E-state index in [0.717, 1.165) is 29.1 Å². The molecule has 0 radical (unpaired) electrons. The monoisotopic (exact) mass is 437 g/mol. The summed E-state index contributed by atoms with van der Waals surface area (Å²) in [6, 6.07) is 12.9. The summed E-state index contributed by atoms with van der Waals surface area (Å²) in [4.78, 5) is 17.4. The number of nitrogens with zero attached hydrogens (tertiary/aromatic N) is 3. The summed E-state index contributed by atoms with van der Waals surface area (Å²) in [5.41, 5.74) is 6.92. The molecule has 162 valence electrons. The van der Waals surface area contributed by atoms with Crippen LogP contribution in [0.15, 0.2) is 47.5 Å². The van der Waals surface area contributed by atoms with Gasteiger partial charge in [0.25, 0.3) is 5.91 Å². The van der Waals surface area contributed by atoms with Gasteiger partial charge in [-0.1, -0.05) is 35.4 Å². The minimum absolute atomic E-state index is 0.271. The van der Waals surface area contributed by atoms with Crippen LogP contribution in [-0.2, 0) is 13.5 Å². The number of hydrogen-bond donors (Lipinski definition) is 2. The van der Waals surface area contributed by atoms with Crippen molar-refractivity contribution in [1.29, 1.82) is 0 Å². The first kappa shape index (κ1) is 22.6. The average Bonchev–Trinajstić information content (AvgIpc) is 2.95. The van der Waals surface area contributed by atoms with Crippen LogP contribution in [0.4, 0.5) is 5.69 Å². The number of hydrogen-bond acceptors (Lipinski definition) is 3. The number of aromatic nitrogens is 2. The molecule has 0 aliphatic rings. The molecule has 0 fully saturated rings. The molecule has 1 amide bonds. The number of rotatable bonds is 5. The average molecular weight is 438 g/mol. The summed E-state index contributed by atoms with van der Waals surface area (Å²) in [6.45, 7) is 8.63. The van der Waals surface area contributed by atoms with Gasteiger partial charge in [0.1, 0.15) is 0 Å². The first-order valence-electron chi connectivity index (χ1n) is 10.2. The fraction of sp³-hybridized carbons (Fsp3) is 0.292. The third-order valence-corrected chi connectivity index (χ3v) is 5.48. The lowest BCUT2D eigenvalue weighted by atomic mass is 10.1. The van der Waals surface area contributed by atoms with Gasteiger partial charge in [0.2, 0.25) is 5.96 Å². The first-order valence-corrected chi connectivity index (χ1v) is 10.6. The number of carbonyl (C=O) groups excluding carboxylic acids is 1. The molecule has 0 atom stereocenters. The van der Waals surface area contributed by atoms with Crippen LogP contribution >= 0.6 is 11.6 Å². The van der Waals surface area contributed by atoms with Crippen molar-refractivity contribution in [2.45, 2.75) is 34.1 Å². The zero-order chi connectivity index (χ0) is 22.5. The molecule has 1 heterocycles. The molecule has 7 heteroatoms. The van der Waals surface area contributed by atoms with E-state index in [1.54, 1.807) is 24.3 Å². The fourth-order valence-electron chi connectivity index (χ4n) is 3.46. The number of aliphatic imine (C=N–C) groups is 1. The molecular weight excluding hydrogens is 410 g/mol. The number of nitrogens with one attached hydrogen (secondary N) is 2. The van der Waals surface area contributed by atoms with Gasteiger partial charge >= 0.3 is 0 Å². The molecule has 6 nitrogen and oxygen atoms in total. The predicted molar refractivity (Wildman–Crippen MR) is 127 cm³/mol. The molecule has 0 aliphatic carbocycles. The van der Waals surface area contributed by atoms with Gasteiger partial charge in [-0.15, -0.1) is 0 Å². The van der Waals surface area contributed by atoms with Crippen molar-refractivity contribution < 1.29 is 4.79 Å². The van der Waals surface area contributed by atoms with Crippen LogP contribution in [0.1, 0.15) is 38.4 Å². The Bertz CT molecular complexity index is 1130. The highest BCUT2D eigenvalue weighted by Gasteiger charge is 2.12. The molecule has 3 aromatic rings. The van der Waals surface area contributed by atoms with Gasteiger partial charge in [-0.25, -0.2) is 0 Å². The number of benzene rings is 2. The Kier molecular flexibility index (Phi) is 7.13. The molecular formula is C24H28ClN5O. The van der Waals surface area contributed by atoms with Crippen molar-refractivity contribution in [3.05, 3.63) is 81.1 Å². The lowest BCUT2D eigenvalue weighted by Gasteiger charge is -2.14. The van der Waals surface area contributed by atoms with Crippen LogP contribution in [-0.4, -0.2) is 28.2 Å². The van der Waals surface area contributed by atoms with Crippen LogP contribution < -0.4 is 10.6 Å². The number of halogens is 1. The van der Waals surface area contributed by atoms with Crippen LogP contribution in [0.5, 0.6) is 0 Å². The van der Waals surface area contributed by atoms with Crippen LogP contribution in [0.25, 0.3) is 0 Å². The smallest absolute Gasteiger partial charge is 0.258 e. The molecule has 0 spiro atoms. The maximum Gasteiger partial charge on any atom is 0.258 e. The van der Waals surface area contributed by atoms with E-state index in [1.165, 1.54) is 11.1 Å². The van der Waals surface area contributed by atoms with E-state index >= 15 is 0 Å². The first-order chi connectivity index (χ1) is 14.7. The number of guanidine groups is 1. The molecule has 0 bridgehead atoms. The summed E-state index contributed by atoms with van der Waals surface area (Å²) in [7, 11) is 1.94. The maximum atomic E-state index is 12.8. The van der Waals surface area contributed by atoms with Crippen molar-refractivity contribution in [3.63, 3.8) is 0 Å². The molecule has 0 unspecified atom stereocenters. The Morgan fingerprint density at radius 1 is 1.13 bits per heavy atom. The minimum atomic E-state index is -0.271. The molecule has 0 saturated carbocycles. The summed E-state index contributed by atoms with van der Waals surface area (Å²) >= 11 is 6.04.